The van der Waals surface area contributed by atoms with E-state index < -0.39 is 0 Å². The van der Waals surface area contributed by atoms with Gasteiger partial charge in [0.25, 0.3) is 0 Å². The summed E-state index contributed by atoms with van der Waals surface area (Å²) < 4.78 is 3.42. The predicted molar refractivity (Wildman–Crippen MR) is 93.4 cm³/mol. The maximum absolute atomic E-state index is 11.8. The molecule has 2 N–H and O–H groups in total. The highest BCUT2D eigenvalue weighted by atomic mass is 127. The Morgan fingerprint density at radius 1 is 1.57 bits per heavy atom. The minimum atomic E-state index is -0.211. The molecule has 5 nitrogen and oxygen atoms in total. The van der Waals surface area contributed by atoms with Gasteiger partial charge >= 0.3 is 0 Å². The van der Waals surface area contributed by atoms with Crippen molar-refractivity contribution in [2.75, 3.05) is 0 Å². The molecule has 0 unspecified atom stereocenters. The van der Waals surface area contributed by atoms with Crippen LogP contribution < -0.4 is 5.43 Å². The molecule has 1 heterocycles. The van der Waals surface area contributed by atoms with Crippen molar-refractivity contribution in [1.29, 1.82) is 0 Å². The number of aryl methyl sites for hydroxylation is 1. The molecule has 1 aromatic carbocycles. The number of aromatic hydroxyl groups is 1. The first kappa shape index (κ1) is 16.0. The summed E-state index contributed by atoms with van der Waals surface area (Å²) in [6.45, 7) is 0. The molecule has 21 heavy (non-hydrogen) atoms. The van der Waals surface area contributed by atoms with Crippen molar-refractivity contribution >= 4 is 50.6 Å². The Balaban J connectivity index is 1.99. The first-order valence-electron chi connectivity index (χ1n) is 6.07. The maximum atomic E-state index is 11.8. The highest BCUT2D eigenvalue weighted by Gasteiger charge is 2.07. The van der Waals surface area contributed by atoms with Crippen LogP contribution in [0.3, 0.4) is 0 Å². The van der Waals surface area contributed by atoms with E-state index in [4.69, 9.17) is 0 Å². The Kier molecular flexibility index (Phi) is 5.40. The third-order valence-corrected chi connectivity index (χ3v) is 4.12. The van der Waals surface area contributed by atoms with Gasteiger partial charge in [-0.2, -0.15) is 5.10 Å². The van der Waals surface area contributed by atoms with E-state index >= 15 is 0 Å². The number of rotatable bonds is 4. The summed E-state index contributed by atoms with van der Waals surface area (Å²) in [5, 5.41) is 13.8. The van der Waals surface area contributed by atoms with Crippen LogP contribution in [0.1, 0.15) is 11.3 Å². The van der Waals surface area contributed by atoms with Crippen molar-refractivity contribution < 1.29 is 9.90 Å². The minimum absolute atomic E-state index is 0.138. The van der Waals surface area contributed by atoms with E-state index in [9.17, 15) is 9.90 Å². The lowest BCUT2D eigenvalue weighted by molar-refractivity contribution is -0.120. The van der Waals surface area contributed by atoms with Crippen LogP contribution in [-0.4, -0.2) is 21.8 Å². The Morgan fingerprint density at radius 3 is 3.00 bits per heavy atom. The van der Waals surface area contributed by atoms with Gasteiger partial charge in [0, 0.05) is 29.0 Å². The van der Waals surface area contributed by atoms with Crippen molar-refractivity contribution in [2.24, 2.45) is 12.1 Å². The van der Waals surface area contributed by atoms with Gasteiger partial charge in [-0.3, -0.25) is 4.79 Å². The quantitative estimate of drug-likeness (QED) is 0.417. The van der Waals surface area contributed by atoms with Crippen molar-refractivity contribution in [3.8, 4) is 5.75 Å². The molecule has 0 aliphatic rings. The summed E-state index contributed by atoms with van der Waals surface area (Å²) >= 11 is 5.37. The van der Waals surface area contributed by atoms with E-state index in [0.717, 1.165) is 10.2 Å². The first-order chi connectivity index (χ1) is 9.97. The standard InChI is InChI=1S/C14H13BrIN3O2/c1-19-4-2-3-11(19)7-13(20)18-17-8-9-5-10(15)6-12(16)14(9)21/h2-6,8,21H,7H2,1H3,(H,18,20)/b17-8+. The summed E-state index contributed by atoms with van der Waals surface area (Å²) in [5.41, 5.74) is 3.89. The fourth-order valence-electron chi connectivity index (χ4n) is 1.74. The number of carbonyl (C=O) groups is 1. The first-order valence-corrected chi connectivity index (χ1v) is 7.94. The van der Waals surface area contributed by atoms with Gasteiger partial charge in [0.2, 0.25) is 5.91 Å². The van der Waals surface area contributed by atoms with Gasteiger partial charge in [0.05, 0.1) is 16.2 Å². The van der Waals surface area contributed by atoms with Crippen LogP contribution in [0, 0.1) is 3.57 Å². The number of halogens is 2. The van der Waals surface area contributed by atoms with Crippen LogP contribution in [0.2, 0.25) is 0 Å². The minimum Gasteiger partial charge on any atom is -0.506 e. The molecule has 0 atom stereocenters. The highest BCUT2D eigenvalue weighted by Crippen LogP contribution is 2.27. The Morgan fingerprint density at radius 2 is 2.33 bits per heavy atom. The molecule has 0 aliphatic heterocycles. The summed E-state index contributed by atoms with van der Waals surface area (Å²) in [7, 11) is 1.88. The average molecular weight is 462 g/mol. The van der Waals surface area contributed by atoms with Crippen LogP contribution in [0.5, 0.6) is 5.75 Å². The summed E-state index contributed by atoms with van der Waals surface area (Å²) in [6.07, 6.45) is 3.56. The van der Waals surface area contributed by atoms with Crippen LogP contribution in [-0.2, 0) is 18.3 Å². The predicted octanol–water partition coefficient (Wildman–Crippen LogP) is 2.79. The van der Waals surface area contributed by atoms with Crippen LogP contribution in [0.25, 0.3) is 0 Å². The lowest BCUT2D eigenvalue weighted by atomic mass is 10.2. The SMILES string of the molecule is Cn1cccc1CC(=O)N/N=C/c1cc(Br)cc(I)c1O. The number of aromatic nitrogens is 1. The molecule has 110 valence electrons. The van der Waals surface area contributed by atoms with Crippen molar-refractivity contribution in [3.05, 3.63) is 49.8 Å². The zero-order valence-corrected chi connectivity index (χ0v) is 14.9. The normalized spacial score (nSPS) is 11.0. The largest absolute Gasteiger partial charge is 0.506 e. The molecular weight excluding hydrogens is 449 g/mol. The van der Waals surface area contributed by atoms with Gasteiger partial charge in [0.1, 0.15) is 5.75 Å². The van der Waals surface area contributed by atoms with E-state index in [1.54, 1.807) is 12.1 Å². The van der Waals surface area contributed by atoms with E-state index in [1.165, 1.54) is 6.21 Å². The molecule has 0 spiro atoms. The zero-order valence-electron chi connectivity index (χ0n) is 11.2. The number of phenols is 1. The van der Waals surface area contributed by atoms with Crippen LogP contribution in [0.15, 0.2) is 40.0 Å². The van der Waals surface area contributed by atoms with Crippen molar-refractivity contribution in [3.63, 3.8) is 0 Å². The molecule has 2 aromatic rings. The molecule has 0 saturated carbocycles. The fourth-order valence-corrected chi connectivity index (χ4v) is 3.29. The molecule has 7 heteroatoms. The second-order valence-electron chi connectivity index (χ2n) is 4.41. The van der Waals surface area contributed by atoms with Gasteiger partial charge in [-0.05, 0) is 46.9 Å². The summed E-state index contributed by atoms with van der Waals surface area (Å²) in [6, 6.07) is 7.28. The summed E-state index contributed by atoms with van der Waals surface area (Å²) in [4.78, 5) is 11.8. The van der Waals surface area contributed by atoms with E-state index in [0.29, 0.717) is 9.13 Å². The molecule has 0 radical (unpaired) electrons. The molecule has 0 fully saturated rings. The third-order valence-electron chi connectivity index (χ3n) is 2.84. The molecule has 2 rings (SSSR count). The maximum Gasteiger partial charge on any atom is 0.245 e. The van der Waals surface area contributed by atoms with Crippen LogP contribution >= 0.6 is 38.5 Å². The number of hydrogen-bond donors (Lipinski definition) is 2. The monoisotopic (exact) mass is 461 g/mol. The lowest BCUT2D eigenvalue weighted by Crippen LogP contribution is -2.20. The van der Waals surface area contributed by atoms with E-state index in [1.807, 2.05) is 52.5 Å². The van der Waals surface area contributed by atoms with Gasteiger partial charge in [-0.25, -0.2) is 5.43 Å². The number of carbonyl (C=O) groups excluding carboxylic acids is 1. The highest BCUT2D eigenvalue weighted by molar-refractivity contribution is 14.1. The van der Waals surface area contributed by atoms with Gasteiger partial charge in [-0.15, -0.1) is 0 Å². The molecule has 0 bridgehead atoms. The smallest absolute Gasteiger partial charge is 0.245 e. The molecular formula is C14H13BrIN3O2. The number of hydrogen-bond acceptors (Lipinski definition) is 3. The second-order valence-corrected chi connectivity index (χ2v) is 6.48. The Hall–Kier alpha value is -1.35. The molecule has 1 amide bonds. The Labute approximate surface area is 144 Å². The average Bonchev–Trinajstić information content (AvgIpc) is 2.80. The van der Waals surface area contributed by atoms with E-state index in [-0.39, 0.29) is 18.1 Å². The van der Waals surface area contributed by atoms with Crippen molar-refractivity contribution in [2.45, 2.75) is 6.42 Å². The second kappa shape index (κ2) is 7.08. The fraction of sp³-hybridized carbons (Fsp3) is 0.143. The zero-order chi connectivity index (χ0) is 15.4. The number of amides is 1. The van der Waals surface area contributed by atoms with Gasteiger partial charge in [-0.1, -0.05) is 15.9 Å². The summed E-state index contributed by atoms with van der Waals surface area (Å²) in [5.74, 6) is -0.0727. The lowest BCUT2D eigenvalue weighted by Gasteiger charge is -2.04. The molecule has 0 aliphatic carbocycles. The Bertz CT molecular complexity index is 698. The number of nitrogens with zero attached hydrogens (tertiary/aromatic N) is 2. The molecule has 0 saturated heterocycles. The third kappa shape index (κ3) is 4.31. The van der Waals surface area contributed by atoms with Crippen LogP contribution in [0.4, 0.5) is 0 Å². The number of phenolic OH excluding ortho intramolecular Hbond substituents is 1. The van der Waals surface area contributed by atoms with Crippen molar-refractivity contribution in [1.82, 2.24) is 9.99 Å². The van der Waals surface area contributed by atoms with Gasteiger partial charge < -0.3 is 9.67 Å². The number of hydrazone groups is 1. The number of nitrogens with one attached hydrogen (secondary N) is 1. The van der Waals surface area contributed by atoms with Gasteiger partial charge in [0.15, 0.2) is 0 Å². The molecule has 1 aromatic heterocycles. The topological polar surface area (TPSA) is 66.6 Å². The number of benzene rings is 1. The van der Waals surface area contributed by atoms with E-state index in [2.05, 4.69) is 26.5 Å².